The number of nitrogens with one attached hydrogen (secondary N) is 1. The van der Waals surface area contributed by atoms with Crippen LogP contribution in [0.3, 0.4) is 0 Å². The van der Waals surface area contributed by atoms with Crippen LogP contribution in [-0.4, -0.2) is 5.91 Å². The first-order valence-corrected chi connectivity index (χ1v) is 8.46. The molecule has 1 N–H and O–H groups in total. The zero-order valence-electron chi connectivity index (χ0n) is 13.7. The van der Waals surface area contributed by atoms with Crippen LogP contribution >= 0.6 is 23.2 Å². The molecule has 0 radical (unpaired) electrons. The summed E-state index contributed by atoms with van der Waals surface area (Å²) in [6.45, 7) is 0. The maximum absolute atomic E-state index is 13.3. The first-order valence-electron chi connectivity index (χ1n) is 7.71. The fourth-order valence-corrected chi connectivity index (χ4v) is 2.64. The largest absolute Gasteiger partial charge is 0.457 e. The summed E-state index contributed by atoms with van der Waals surface area (Å²) in [4.78, 5) is 12.3. The number of anilines is 1. The molecule has 0 aliphatic carbocycles. The maximum Gasteiger partial charge on any atom is 0.266 e. The first-order chi connectivity index (χ1) is 13.0. The molecule has 2 aromatic carbocycles. The number of hydrogen-bond acceptors (Lipinski definition) is 3. The van der Waals surface area contributed by atoms with Crippen LogP contribution < -0.4 is 5.32 Å². The minimum atomic E-state index is -0.617. The molecule has 4 nitrogen and oxygen atoms in total. The van der Waals surface area contributed by atoms with Gasteiger partial charge < -0.3 is 9.73 Å². The van der Waals surface area contributed by atoms with E-state index in [1.54, 1.807) is 36.4 Å². The number of amides is 1. The lowest BCUT2D eigenvalue weighted by molar-refractivity contribution is -0.112. The normalized spacial score (nSPS) is 11.1. The van der Waals surface area contributed by atoms with Crippen LogP contribution in [0, 0.1) is 17.1 Å². The minimum Gasteiger partial charge on any atom is -0.457 e. The van der Waals surface area contributed by atoms with Crippen molar-refractivity contribution in [3.8, 4) is 17.4 Å². The van der Waals surface area contributed by atoms with Gasteiger partial charge in [0.2, 0.25) is 0 Å². The monoisotopic (exact) mass is 400 g/mol. The van der Waals surface area contributed by atoms with Crippen LogP contribution in [0.25, 0.3) is 17.4 Å². The summed E-state index contributed by atoms with van der Waals surface area (Å²) in [6.07, 6.45) is 1.31. The highest BCUT2D eigenvalue weighted by Gasteiger charge is 2.13. The number of carbonyl (C=O) groups is 1. The summed E-state index contributed by atoms with van der Waals surface area (Å²) < 4.78 is 18.9. The number of halogens is 3. The number of nitriles is 1. The average molecular weight is 401 g/mol. The number of para-hydroxylation sites is 1. The Morgan fingerprint density at radius 2 is 1.89 bits per heavy atom. The summed E-state index contributed by atoms with van der Waals surface area (Å²) in [5, 5.41) is 12.2. The van der Waals surface area contributed by atoms with Crippen molar-refractivity contribution in [1.29, 1.82) is 5.26 Å². The quantitative estimate of drug-likeness (QED) is 0.435. The van der Waals surface area contributed by atoms with Crippen molar-refractivity contribution in [2.24, 2.45) is 0 Å². The predicted octanol–water partition coefficient (Wildman–Crippen LogP) is 5.94. The fraction of sp³-hybridized carbons (Fsp3) is 0. The van der Waals surface area contributed by atoms with Crippen LogP contribution in [0.15, 0.2) is 64.6 Å². The van der Waals surface area contributed by atoms with E-state index >= 15 is 0 Å². The van der Waals surface area contributed by atoms with E-state index in [4.69, 9.17) is 27.6 Å². The Morgan fingerprint density at radius 3 is 2.59 bits per heavy atom. The van der Waals surface area contributed by atoms with Gasteiger partial charge in [0, 0.05) is 11.6 Å². The third-order valence-electron chi connectivity index (χ3n) is 3.60. The van der Waals surface area contributed by atoms with Gasteiger partial charge in [0.05, 0.1) is 15.7 Å². The summed E-state index contributed by atoms with van der Waals surface area (Å²) in [7, 11) is 0. The molecule has 1 amide bonds. The molecule has 0 fully saturated rings. The molecule has 134 valence electrons. The van der Waals surface area contributed by atoms with E-state index < -0.39 is 11.7 Å². The Labute approximate surface area is 164 Å². The minimum absolute atomic E-state index is 0.0298. The summed E-state index contributed by atoms with van der Waals surface area (Å²) in [6, 6.07) is 15.9. The summed E-state index contributed by atoms with van der Waals surface area (Å²) in [5.41, 5.74) is 0.805. The molecule has 7 heteroatoms. The molecule has 0 saturated heterocycles. The Bertz CT molecular complexity index is 1080. The van der Waals surface area contributed by atoms with Gasteiger partial charge in [0.25, 0.3) is 5.91 Å². The van der Waals surface area contributed by atoms with Crippen molar-refractivity contribution >= 4 is 40.9 Å². The molecular weight excluding hydrogens is 390 g/mol. The van der Waals surface area contributed by atoms with Crippen molar-refractivity contribution in [2.75, 3.05) is 5.32 Å². The Morgan fingerprint density at radius 1 is 1.11 bits per heavy atom. The third kappa shape index (κ3) is 4.37. The number of benzene rings is 2. The van der Waals surface area contributed by atoms with E-state index in [-0.39, 0.29) is 16.4 Å². The van der Waals surface area contributed by atoms with E-state index in [1.807, 2.05) is 6.07 Å². The van der Waals surface area contributed by atoms with Gasteiger partial charge in [-0.2, -0.15) is 5.26 Å². The van der Waals surface area contributed by atoms with Gasteiger partial charge in [-0.05, 0) is 42.5 Å². The van der Waals surface area contributed by atoms with E-state index in [1.165, 1.54) is 24.3 Å². The summed E-state index contributed by atoms with van der Waals surface area (Å²) >= 11 is 11.8. The Balaban J connectivity index is 1.83. The maximum atomic E-state index is 13.3. The van der Waals surface area contributed by atoms with E-state index in [2.05, 4.69) is 5.32 Å². The van der Waals surface area contributed by atoms with Gasteiger partial charge in [-0.3, -0.25) is 4.79 Å². The number of furan rings is 1. The fourth-order valence-electron chi connectivity index (χ4n) is 2.28. The van der Waals surface area contributed by atoms with Gasteiger partial charge in [0.1, 0.15) is 29.0 Å². The van der Waals surface area contributed by atoms with Gasteiger partial charge in [-0.15, -0.1) is 0 Å². The number of carbonyl (C=O) groups excluding carboxylic acids is 1. The van der Waals surface area contributed by atoms with Crippen molar-refractivity contribution in [3.05, 3.63) is 81.8 Å². The molecule has 3 rings (SSSR count). The smallest absolute Gasteiger partial charge is 0.266 e. The lowest BCUT2D eigenvalue weighted by atomic mass is 10.2. The van der Waals surface area contributed by atoms with Crippen molar-refractivity contribution in [1.82, 2.24) is 0 Å². The number of nitrogens with zero attached hydrogens (tertiary/aromatic N) is 1. The molecule has 1 heterocycles. The molecule has 0 unspecified atom stereocenters. The van der Waals surface area contributed by atoms with Crippen LogP contribution in [0.1, 0.15) is 5.76 Å². The molecule has 1 aromatic heterocycles. The third-order valence-corrected chi connectivity index (χ3v) is 4.22. The zero-order valence-corrected chi connectivity index (χ0v) is 15.2. The molecule has 3 aromatic rings. The SMILES string of the molecule is N#C/C(=C\c1ccc(-c2ccc(F)c(Cl)c2)o1)C(=O)Nc1ccccc1Cl. The Hall–Kier alpha value is -3.07. The first kappa shape index (κ1) is 18.7. The molecule has 0 spiro atoms. The predicted molar refractivity (Wildman–Crippen MR) is 103 cm³/mol. The lowest BCUT2D eigenvalue weighted by Gasteiger charge is -2.05. The highest BCUT2D eigenvalue weighted by atomic mass is 35.5. The van der Waals surface area contributed by atoms with Crippen molar-refractivity contribution in [2.45, 2.75) is 0 Å². The second-order valence-corrected chi connectivity index (χ2v) is 6.25. The summed E-state index contributed by atoms with van der Waals surface area (Å²) in [5.74, 6) is -0.438. The molecule has 0 atom stereocenters. The van der Waals surface area contributed by atoms with Crippen LogP contribution in [0.2, 0.25) is 10.0 Å². The van der Waals surface area contributed by atoms with Crippen LogP contribution in [0.4, 0.5) is 10.1 Å². The van der Waals surface area contributed by atoms with Crippen molar-refractivity contribution in [3.63, 3.8) is 0 Å². The Kier molecular flexibility index (Phi) is 5.60. The van der Waals surface area contributed by atoms with E-state index in [0.29, 0.717) is 22.0 Å². The second kappa shape index (κ2) is 8.09. The lowest BCUT2D eigenvalue weighted by Crippen LogP contribution is -2.13. The van der Waals surface area contributed by atoms with Crippen LogP contribution in [-0.2, 0) is 4.79 Å². The highest BCUT2D eigenvalue weighted by Crippen LogP contribution is 2.27. The molecule has 27 heavy (non-hydrogen) atoms. The van der Waals surface area contributed by atoms with Crippen molar-refractivity contribution < 1.29 is 13.6 Å². The zero-order chi connectivity index (χ0) is 19.4. The second-order valence-electron chi connectivity index (χ2n) is 5.43. The molecule has 0 bridgehead atoms. The van der Waals surface area contributed by atoms with Gasteiger partial charge in [-0.1, -0.05) is 35.3 Å². The van der Waals surface area contributed by atoms with Gasteiger partial charge in [0.15, 0.2) is 0 Å². The standard InChI is InChI=1S/C20H11Cl2FN2O2/c21-15-3-1-2-4-18(15)25-20(26)13(11-24)9-14-6-8-19(27-14)12-5-7-17(23)16(22)10-12/h1-10H,(H,25,26)/b13-9+. The number of rotatable bonds is 4. The molecule has 0 aliphatic rings. The molecule has 0 aliphatic heterocycles. The van der Waals surface area contributed by atoms with Gasteiger partial charge >= 0.3 is 0 Å². The van der Waals surface area contributed by atoms with Crippen LogP contribution in [0.5, 0.6) is 0 Å². The number of hydrogen-bond donors (Lipinski definition) is 1. The molecular formula is C20H11Cl2FN2O2. The highest BCUT2D eigenvalue weighted by molar-refractivity contribution is 6.34. The van der Waals surface area contributed by atoms with E-state index in [9.17, 15) is 14.4 Å². The topological polar surface area (TPSA) is 66.0 Å². The van der Waals surface area contributed by atoms with Gasteiger partial charge in [-0.25, -0.2) is 4.39 Å². The average Bonchev–Trinajstić information content (AvgIpc) is 3.12. The van der Waals surface area contributed by atoms with E-state index in [0.717, 1.165) is 0 Å². The molecule has 0 saturated carbocycles.